The van der Waals surface area contributed by atoms with E-state index >= 15 is 0 Å². The standard InChI is InChI=1S/C29H24/c1-29(2)27-11-7-6-10-25(27)26-19-18-24(20-28(26)29)23-16-14-22(15-17-23)13-12-21-8-4-3-5-9-21/h3-20H,1-2H3. The lowest BCUT2D eigenvalue weighted by Gasteiger charge is -2.22. The van der Waals surface area contributed by atoms with Gasteiger partial charge in [0.15, 0.2) is 0 Å². The summed E-state index contributed by atoms with van der Waals surface area (Å²) in [7, 11) is 0. The Balaban J connectivity index is 1.46. The van der Waals surface area contributed by atoms with Crippen LogP contribution in [0.1, 0.15) is 36.1 Å². The highest BCUT2D eigenvalue weighted by molar-refractivity contribution is 5.83. The van der Waals surface area contributed by atoms with Crippen molar-refractivity contribution in [3.05, 3.63) is 119 Å². The van der Waals surface area contributed by atoms with Gasteiger partial charge < -0.3 is 0 Å². The first-order valence-electron chi connectivity index (χ1n) is 10.2. The van der Waals surface area contributed by atoms with Crippen molar-refractivity contribution in [1.29, 1.82) is 0 Å². The summed E-state index contributed by atoms with van der Waals surface area (Å²) in [5.41, 5.74) is 10.6. The van der Waals surface area contributed by atoms with Gasteiger partial charge in [-0.1, -0.05) is 117 Å². The van der Waals surface area contributed by atoms with Gasteiger partial charge in [-0.15, -0.1) is 0 Å². The summed E-state index contributed by atoms with van der Waals surface area (Å²) in [5.74, 6) is 0. The number of hydrogen-bond donors (Lipinski definition) is 0. The van der Waals surface area contributed by atoms with Gasteiger partial charge in [-0.3, -0.25) is 0 Å². The number of hydrogen-bond acceptors (Lipinski definition) is 0. The number of fused-ring (bicyclic) bond motifs is 3. The second kappa shape index (κ2) is 6.90. The van der Waals surface area contributed by atoms with Gasteiger partial charge in [0.2, 0.25) is 0 Å². The van der Waals surface area contributed by atoms with Gasteiger partial charge in [0.05, 0.1) is 0 Å². The van der Waals surface area contributed by atoms with E-state index in [0.29, 0.717) is 0 Å². The topological polar surface area (TPSA) is 0 Å². The third-order valence-electron chi connectivity index (χ3n) is 6.10. The molecule has 0 N–H and O–H groups in total. The highest BCUT2D eigenvalue weighted by Gasteiger charge is 2.35. The van der Waals surface area contributed by atoms with E-state index in [-0.39, 0.29) is 5.41 Å². The molecule has 0 atom stereocenters. The SMILES string of the molecule is CC1(C)c2ccccc2-c2ccc(-c3ccc(C=Cc4ccccc4)cc3)cc21. The molecule has 0 amide bonds. The van der Waals surface area contributed by atoms with E-state index in [1.54, 1.807) is 0 Å². The van der Waals surface area contributed by atoms with E-state index in [2.05, 4.69) is 117 Å². The van der Waals surface area contributed by atoms with Crippen molar-refractivity contribution >= 4 is 12.2 Å². The summed E-state index contributed by atoms with van der Waals surface area (Å²) in [4.78, 5) is 0. The molecule has 0 unspecified atom stereocenters. The predicted molar refractivity (Wildman–Crippen MR) is 125 cm³/mol. The summed E-state index contributed by atoms with van der Waals surface area (Å²) in [5, 5.41) is 0. The average molecular weight is 373 g/mol. The quantitative estimate of drug-likeness (QED) is 0.321. The molecule has 0 bridgehead atoms. The van der Waals surface area contributed by atoms with Gasteiger partial charge in [-0.05, 0) is 50.6 Å². The lowest BCUT2D eigenvalue weighted by Crippen LogP contribution is -2.14. The van der Waals surface area contributed by atoms with Crippen LogP contribution >= 0.6 is 0 Å². The zero-order chi connectivity index (χ0) is 19.8. The van der Waals surface area contributed by atoms with Gasteiger partial charge in [0.1, 0.15) is 0 Å². The smallest absolute Gasteiger partial charge is 0.0159 e. The Morgan fingerprint density at radius 2 is 1.10 bits per heavy atom. The van der Waals surface area contributed by atoms with Crippen LogP contribution in [0, 0.1) is 0 Å². The molecule has 0 saturated heterocycles. The average Bonchev–Trinajstić information content (AvgIpc) is 3.00. The molecule has 29 heavy (non-hydrogen) atoms. The van der Waals surface area contributed by atoms with Crippen LogP contribution in [0.4, 0.5) is 0 Å². The maximum Gasteiger partial charge on any atom is 0.0159 e. The van der Waals surface area contributed by atoms with Crippen LogP contribution < -0.4 is 0 Å². The highest BCUT2D eigenvalue weighted by atomic mass is 14.4. The van der Waals surface area contributed by atoms with Crippen LogP contribution in [-0.4, -0.2) is 0 Å². The number of rotatable bonds is 3. The van der Waals surface area contributed by atoms with Crippen LogP contribution in [0.3, 0.4) is 0 Å². The van der Waals surface area contributed by atoms with Crippen molar-refractivity contribution in [3.63, 3.8) is 0 Å². The van der Waals surface area contributed by atoms with Gasteiger partial charge >= 0.3 is 0 Å². The lowest BCUT2D eigenvalue weighted by atomic mass is 9.81. The van der Waals surface area contributed by atoms with Crippen LogP contribution in [0.2, 0.25) is 0 Å². The fourth-order valence-corrected chi connectivity index (χ4v) is 4.43. The minimum atomic E-state index is 0.0420. The molecule has 5 rings (SSSR count). The molecule has 0 fully saturated rings. The fraction of sp³-hybridized carbons (Fsp3) is 0.103. The molecule has 0 aliphatic heterocycles. The Bertz CT molecular complexity index is 1190. The van der Waals surface area contributed by atoms with Gasteiger partial charge in [-0.2, -0.15) is 0 Å². The Labute approximate surface area is 173 Å². The van der Waals surface area contributed by atoms with Crippen molar-refractivity contribution < 1.29 is 0 Å². The van der Waals surface area contributed by atoms with E-state index in [4.69, 9.17) is 0 Å². The molecule has 1 aliphatic carbocycles. The van der Waals surface area contributed by atoms with Crippen LogP contribution in [0.15, 0.2) is 97.1 Å². The van der Waals surface area contributed by atoms with Crippen LogP contribution in [-0.2, 0) is 5.41 Å². The Morgan fingerprint density at radius 1 is 0.517 bits per heavy atom. The fourth-order valence-electron chi connectivity index (χ4n) is 4.43. The Kier molecular flexibility index (Phi) is 4.21. The second-order valence-corrected chi connectivity index (χ2v) is 8.30. The molecule has 4 aromatic rings. The maximum atomic E-state index is 2.38. The Hall–Kier alpha value is -3.38. The van der Waals surface area contributed by atoms with Crippen molar-refractivity contribution in [3.8, 4) is 22.3 Å². The molecular weight excluding hydrogens is 348 g/mol. The number of benzene rings is 4. The predicted octanol–water partition coefficient (Wildman–Crippen LogP) is 7.83. The molecule has 0 spiro atoms. The largest absolute Gasteiger partial charge is 0.0622 e. The molecule has 0 saturated carbocycles. The van der Waals surface area contributed by atoms with Crippen molar-refractivity contribution in [2.75, 3.05) is 0 Å². The first-order valence-corrected chi connectivity index (χ1v) is 10.2. The molecule has 4 aromatic carbocycles. The molecule has 0 heteroatoms. The zero-order valence-corrected chi connectivity index (χ0v) is 16.9. The first-order chi connectivity index (χ1) is 14.1. The molecule has 1 aliphatic rings. The summed E-state index contributed by atoms with van der Waals surface area (Å²) >= 11 is 0. The van der Waals surface area contributed by atoms with E-state index in [0.717, 1.165) is 0 Å². The van der Waals surface area contributed by atoms with E-state index in [1.165, 1.54) is 44.5 Å². The minimum Gasteiger partial charge on any atom is -0.0622 e. The maximum absolute atomic E-state index is 2.38. The minimum absolute atomic E-state index is 0.0420. The van der Waals surface area contributed by atoms with Crippen LogP contribution in [0.5, 0.6) is 0 Å². The summed E-state index contributed by atoms with van der Waals surface area (Å²) < 4.78 is 0. The summed E-state index contributed by atoms with van der Waals surface area (Å²) in [6, 6.07) is 35.0. The van der Waals surface area contributed by atoms with E-state index in [9.17, 15) is 0 Å². The van der Waals surface area contributed by atoms with Gasteiger partial charge in [-0.25, -0.2) is 0 Å². The summed E-state index contributed by atoms with van der Waals surface area (Å²) in [6.45, 7) is 4.66. The molecule has 0 nitrogen and oxygen atoms in total. The molecule has 0 aromatic heterocycles. The van der Waals surface area contributed by atoms with Gasteiger partial charge in [0.25, 0.3) is 0 Å². The third kappa shape index (κ3) is 3.11. The van der Waals surface area contributed by atoms with Crippen molar-refractivity contribution in [1.82, 2.24) is 0 Å². The van der Waals surface area contributed by atoms with E-state index < -0.39 is 0 Å². The molecule has 0 radical (unpaired) electrons. The van der Waals surface area contributed by atoms with Gasteiger partial charge in [0, 0.05) is 5.41 Å². The van der Waals surface area contributed by atoms with E-state index in [1.807, 2.05) is 6.07 Å². The van der Waals surface area contributed by atoms with Crippen LogP contribution in [0.25, 0.3) is 34.4 Å². The first kappa shape index (κ1) is 17.7. The Morgan fingerprint density at radius 3 is 1.86 bits per heavy atom. The molecule has 140 valence electrons. The lowest BCUT2D eigenvalue weighted by molar-refractivity contribution is 0.660. The molecular formula is C29H24. The second-order valence-electron chi connectivity index (χ2n) is 8.30. The summed E-state index contributed by atoms with van der Waals surface area (Å²) in [6.07, 6.45) is 4.33. The monoisotopic (exact) mass is 372 g/mol. The third-order valence-corrected chi connectivity index (χ3v) is 6.10. The van der Waals surface area contributed by atoms with Crippen molar-refractivity contribution in [2.24, 2.45) is 0 Å². The molecule has 0 heterocycles. The normalized spacial score (nSPS) is 14.0. The highest BCUT2D eigenvalue weighted by Crippen LogP contribution is 2.49. The van der Waals surface area contributed by atoms with Crippen molar-refractivity contribution in [2.45, 2.75) is 19.3 Å². The zero-order valence-electron chi connectivity index (χ0n) is 16.9.